The molecule has 1 aromatic carbocycles. The maximum atomic E-state index is 14.9. The molecule has 0 radical (unpaired) electrons. The summed E-state index contributed by atoms with van der Waals surface area (Å²) in [6.07, 6.45) is 10.4. The highest BCUT2D eigenvalue weighted by atomic mass is 19.1. The van der Waals surface area contributed by atoms with E-state index in [-0.39, 0.29) is 5.56 Å². The van der Waals surface area contributed by atoms with E-state index >= 15 is 0 Å². The van der Waals surface area contributed by atoms with Crippen LogP contribution in [-0.2, 0) is 4.74 Å². The smallest absolute Gasteiger partial charge is 0.341 e. The molecule has 5 atom stereocenters. The number of halogens is 1. The van der Waals surface area contributed by atoms with Crippen LogP contribution in [0.4, 0.5) is 4.39 Å². The van der Waals surface area contributed by atoms with E-state index in [1.165, 1.54) is 44.6 Å². The summed E-state index contributed by atoms with van der Waals surface area (Å²) in [7, 11) is 0. The highest BCUT2D eigenvalue weighted by molar-refractivity contribution is 5.90. The molecule has 0 amide bonds. The van der Waals surface area contributed by atoms with Crippen molar-refractivity contribution < 1.29 is 18.7 Å². The molecule has 4 saturated carbocycles. The topological polar surface area (TPSA) is 35.5 Å². The molecular formula is C26H35FO3. The van der Waals surface area contributed by atoms with Gasteiger partial charge in [0.15, 0.2) is 0 Å². The third kappa shape index (κ3) is 4.11. The van der Waals surface area contributed by atoms with Crippen LogP contribution in [0.5, 0.6) is 5.75 Å². The van der Waals surface area contributed by atoms with Crippen LogP contribution < -0.4 is 4.74 Å². The molecule has 4 fully saturated rings. The second kappa shape index (κ2) is 7.53. The largest absolute Gasteiger partial charge is 0.493 e. The van der Waals surface area contributed by atoms with E-state index < -0.39 is 17.4 Å². The van der Waals surface area contributed by atoms with Crippen molar-refractivity contribution in [3.05, 3.63) is 29.1 Å². The SMILES string of the molecule is CC(C)(C)OC(=O)c1cc(C2CC2)c(OCC2CC3CC4CCC2C(C4)C3)cc1F. The fraction of sp³-hybridized carbons (Fsp3) is 0.731. The number of hydrogen-bond donors (Lipinski definition) is 0. The van der Waals surface area contributed by atoms with E-state index in [1.54, 1.807) is 26.8 Å². The van der Waals surface area contributed by atoms with Crippen LogP contribution >= 0.6 is 0 Å². The Morgan fingerprint density at radius 1 is 1.03 bits per heavy atom. The van der Waals surface area contributed by atoms with Crippen molar-refractivity contribution >= 4 is 5.97 Å². The van der Waals surface area contributed by atoms with Gasteiger partial charge >= 0.3 is 5.97 Å². The zero-order chi connectivity index (χ0) is 21.0. The third-order valence-electron chi connectivity index (χ3n) is 7.88. The van der Waals surface area contributed by atoms with Crippen molar-refractivity contribution in [3.8, 4) is 5.75 Å². The molecule has 3 nitrogen and oxygen atoms in total. The summed E-state index contributed by atoms with van der Waals surface area (Å²) in [5.74, 6) is 4.00. The lowest BCUT2D eigenvalue weighted by Crippen LogP contribution is -2.44. The monoisotopic (exact) mass is 414 g/mol. The van der Waals surface area contributed by atoms with E-state index in [1.807, 2.05) is 0 Å². The van der Waals surface area contributed by atoms with Gasteiger partial charge in [0.05, 0.1) is 12.2 Å². The lowest BCUT2D eigenvalue weighted by atomic mass is 9.54. The van der Waals surface area contributed by atoms with Crippen molar-refractivity contribution in [2.24, 2.45) is 29.6 Å². The van der Waals surface area contributed by atoms with Gasteiger partial charge in [-0.05, 0) is 113 Å². The Bertz CT molecular complexity index is 816. The Kier molecular flexibility index (Phi) is 5.10. The molecule has 0 aromatic heterocycles. The Balaban J connectivity index is 1.33. The van der Waals surface area contributed by atoms with Gasteiger partial charge in [-0.2, -0.15) is 0 Å². The lowest BCUT2D eigenvalue weighted by molar-refractivity contribution is -0.0261. The van der Waals surface area contributed by atoms with Gasteiger partial charge < -0.3 is 9.47 Å². The van der Waals surface area contributed by atoms with E-state index in [0.29, 0.717) is 24.2 Å². The number of benzene rings is 1. The zero-order valence-corrected chi connectivity index (χ0v) is 18.6. The standard InChI is InChI=1S/C26H35FO3/c1-26(2,3)30-25(28)22-12-21(17-5-6-17)24(13-23(22)27)29-14-19-11-16-8-15-4-7-20(19)18(9-15)10-16/h12-13,15-20H,4-11,14H2,1-3H3. The molecule has 0 aliphatic heterocycles. The molecule has 0 N–H and O–H groups in total. The van der Waals surface area contributed by atoms with Crippen LogP contribution in [0.25, 0.3) is 0 Å². The molecule has 30 heavy (non-hydrogen) atoms. The zero-order valence-electron chi connectivity index (χ0n) is 18.6. The van der Waals surface area contributed by atoms with Gasteiger partial charge in [0.25, 0.3) is 0 Å². The minimum atomic E-state index is -0.642. The Morgan fingerprint density at radius 2 is 1.80 bits per heavy atom. The number of rotatable bonds is 5. The van der Waals surface area contributed by atoms with Crippen molar-refractivity contribution in [1.82, 2.24) is 0 Å². The summed E-state index contributed by atoms with van der Waals surface area (Å²) < 4.78 is 26.6. The molecule has 0 saturated heterocycles. The summed E-state index contributed by atoms with van der Waals surface area (Å²) in [4.78, 5) is 12.5. The van der Waals surface area contributed by atoms with Crippen molar-refractivity contribution in [1.29, 1.82) is 0 Å². The van der Waals surface area contributed by atoms with E-state index in [0.717, 1.165) is 42.1 Å². The normalized spacial score (nSPS) is 32.7. The van der Waals surface area contributed by atoms with E-state index in [9.17, 15) is 9.18 Å². The summed E-state index contributed by atoms with van der Waals surface area (Å²) in [5.41, 5.74) is 0.373. The summed E-state index contributed by atoms with van der Waals surface area (Å²) in [6, 6.07) is 3.13. The van der Waals surface area contributed by atoms with Gasteiger partial charge in [-0.25, -0.2) is 9.18 Å². The number of hydrogen-bond acceptors (Lipinski definition) is 3. The minimum absolute atomic E-state index is 0.0321. The summed E-state index contributed by atoms with van der Waals surface area (Å²) in [5, 5.41) is 0. The predicted octanol–water partition coefficient (Wildman–Crippen LogP) is 6.50. The maximum absolute atomic E-state index is 14.9. The van der Waals surface area contributed by atoms with E-state index in [4.69, 9.17) is 9.47 Å². The molecule has 4 aliphatic rings. The maximum Gasteiger partial charge on any atom is 0.341 e. The number of ether oxygens (including phenoxy) is 2. The quantitative estimate of drug-likeness (QED) is 0.516. The van der Waals surface area contributed by atoms with E-state index in [2.05, 4.69) is 0 Å². The Morgan fingerprint density at radius 3 is 2.53 bits per heavy atom. The molecule has 5 rings (SSSR count). The highest BCUT2D eigenvalue weighted by Gasteiger charge is 2.45. The molecule has 3 bridgehead atoms. The average molecular weight is 415 g/mol. The molecule has 4 aliphatic carbocycles. The fourth-order valence-corrected chi connectivity index (χ4v) is 6.57. The van der Waals surface area contributed by atoms with Crippen molar-refractivity contribution in [3.63, 3.8) is 0 Å². The second-order valence-electron chi connectivity index (χ2n) is 11.4. The summed E-state index contributed by atoms with van der Waals surface area (Å²) >= 11 is 0. The van der Waals surface area contributed by atoms with Crippen molar-refractivity contribution in [2.75, 3.05) is 6.61 Å². The van der Waals surface area contributed by atoms with Gasteiger partial charge in [0.2, 0.25) is 0 Å². The average Bonchev–Trinajstić information content (AvgIpc) is 3.48. The third-order valence-corrected chi connectivity index (χ3v) is 7.88. The number of carbonyl (C=O) groups is 1. The van der Waals surface area contributed by atoms with Crippen LogP contribution in [0.2, 0.25) is 0 Å². The lowest BCUT2D eigenvalue weighted by Gasteiger charge is -2.52. The molecule has 0 spiro atoms. The first-order chi connectivity index (χ1) is 14.3. The van der Waals surface area contributed by atoms with Crippen LogP contribution in [0.1, 0.15) is 94.0 Å². The molecule has 1 aromatic rings. The summed E-state index contributed by atoms with van der Waals surface area (Å²) in [6.45, 7) is 6.09. The number of esters is 1. The van der Waals surface area contributed by atoms with Gasteiger partial charge in [-0.15, -0.1) is 0 Å². The van der Waals surface area contributed by atoms with Crippen LogP contribution in [-0.4, -0.2) is 18.2 Å². The fourth-order valence-electron chi connectivity index (χ4n) is 6.57. The number of fused-ring (bicyclic) bond motifs is 2. The first-order valence-electron chi connectivity index (χ1n) is 12.0. The minimum Gasteiger partial charge on any atom is -0.493 e. The molecular weight excluding hydrogens is 379 g/mol. The number of carbonyl (C=O) groups excluding carboxylic acids is 1. The molecule has 4 heteroatoms. The van der Waals surface area contributed by atoms with Crippen LogP contribution in [0.15, 0.2) is 12.1 Å². The first kappa shape index (κ1) is 20.3. The van der Waals surface area contributed by atoms with Gasteiger partial charge in [0.1, 0.15) is 17.2 Å². The predicted molar refractivity (Wildman–Crippen MR) is 114 cm³/mol. The van der Waals surface area contributed by atoms with Gasteiger partial charge in [0, 0.05) is 6.07 Å². The highest BCUT2D eigenvalue weighted by Crippen LogP contribution is 2.54. The van der Waals surface area contributed by atoms with Crippen molar-refractivity contribution in [2.45, 2.75) is 83.7 Å². The van der Waals surface area contributed by atoms with Gasteiger partial charge in [-0.3, -0.25) is 0 Å². The van der Waals surface area contributed by atoms with Crippen LogP contribution in [0, 0.1) is 35.4 Å². The first-order valence-corrected chi connectivity index (χ1v) is 12.0. The molecule has 164 valence electrons. The van der Waals surface area contributed by atoms with Crippen LogP contribution in [0.3, 0.4) is 0 Å². The molecule has 5 unspecified atom stereocenters. The van der Waals surface area contributed by atoms with Gasteiger partial charge in [-0.1, -0.05) is 6.42 Å². The second-order valence-corrected chi connectivity index (χ2v) is 11.4. The molecule has 0 heterocycles. The Labute approximate surface area is 179 Å². The Hall–Kier alpha value is -1.58.